The van der Waals surface area contributed by atoms with Crippen molar-refractivity contribution >= 4 is 11.4 Å². The van der Waals surface area contributed by atoms with Crippen LogP contribution in [0.4, 0.5) is 11.4 Å². The highest BCUT2D eigenvalue weighted by Crippen LogP contribution is 2.32. The molecule has 88 valence electrons. The summed E-state index contributed by atoms with van der Waals surface area (Å²) in [5.41, 5.74) is 11.0. The fourth-order valence-corrected chi connectivity index (χ4v) is 2.46. The van der Waals surface area contributed by atoms with Gasteiger partial charge in [0.1, 0.15) is 6.07 Å². The average Bonchev–Trinajstić information content (AvgIpc) is 2.84. The quantitative estimate of drug-likeness (QED) is 0.773. The molecule has 0 bridgehead atoms. The molecule has 0 aromatic heterocycles. The van der Waals surface area contributed by atoms with Crippen molar-refractivity contribution in [3.05, 3.63) is 59.2 Å². The normalized spacial score (nSPS) is 13.2. The molecule has 3 rings (SSSR count). The Bertz CT molecular complexity index is 640. The van der Waals surface area contributed by atoms with Crippen molar-refractivity contribution in [2.75, 3.05) is 10.6 Å². The third kappa shape index (κ3) is 1.59. The lowest BCUT2D eigenvalue weighted by atomic mass is 10.1. The van der Waals surface area contributed by atoms with E-state index in [1.54, 1.807) is 0 Å². The Morgan fingerprint density at radius 1 is 1.06 bits per heavy atom. The fourth-order valence-electron chi connectivity index (χ4n) is 2.46. The molecule has 1 heterocycles. The molecular formula is C15H13N3. The zero-order valence-corrected chi connectivity index (χ0v) is 9.93. The maximum absolute atomic E-state index is 9.15. The second kappa shape index (κ2) is 4.08. The monoisotopic (exact) mass is 235 g/mol. The van der Waals surface area contributed by atoms with Crippen LogP contribution in [-0.4, -0.2) is 0 Å². The Labute approximate surface area is 106 Å². The number of anilines is 2. The smallest absolute Gasteiger partial charge is 0.101 e. The first-order chi connectivity index (χ1) is 8.79. The van der Waals surface area contributed by atoms with Gasteiger partial charge in [0.2, 0.25) is 0 Å². The Morgan fingerprint density at radius 3 is 2.67 bits per heavy atom. The molecule has 1 aliphatic heterocycles. The van der Waals surface area contributed by atoms with Gasteiger partial charge in [-0.25, -0.2) is 0 Å². The molecule has 0 fully saturated rings. The molecular weight excluding hydrogens is 222 g/mol. The van der Waals surface area contributed by atoms with Crippen LogP contribution in [0.25, 0.3) is 0 Å². The summed E-state index contributed by atoms with van der Waals surface area (Å²) < 4.78 is 0. The minimum absolute atomic E-state index is 0.712. The second-order valence-corrected chi connectivity index (χ2v) is 4.47. The summed E-state index contributed by atoms with van der Waals surface area (Å²) in [6.07, 6.45) is 0. The van der Waals surface area contributed by atoms with Gasteiger partial charge in [0, 0.05) is 18.8 Å². The Hall–Kier alpha value is -2.47. The zero-order valence-electron chi connectivity index (χ0n) is 9.93. The van der Waals surface area contributed by atoms with E-state index in [1.165, 1.54) is 11.1 Å². The van der Waals surface area contributed by atoms with Crippen molar-refractivity contribution in [2.45, 2.75) is 13.1 Å². The molecule has 0 atom stereocenters. The van der Waals surface area contributed by atoms with Gasteiger partial charge in [-0.05, 0) is 29.3 Å². The highest BCUT2D eigenvalue weighted by Gasteiger charge is 2.22. The molecule has 0 saturated carbocycles. The lowest BCUT2D eigenvalue weighted by molar-refractivity contribution is 0.879. The molecule has 0 radical (unpaired) electrons. The second-order valence-electron chi connectivity index (χ2n) is 4.47. The van der Waals surface area contributed by atoms with E-state index >= 15 is 0 Å². The van der Waals surface area contributed by atoms with Gasteiger partial charge in [0.05, 0.1) is 11.3 Å². The van der Waals surface area contributed by atoms with Crippen LogP contribution < -0.4 is 10.6 Å². The summed E-state index contributed by atoms with van der Waals surface area (Å²) in [5, 5.41) is 9.15. The molecule has 0 aliphatic carbocycles. The number of nitrogens with zero attached hydrogens (tertiary/aromatic N) is 2. The lowest BCUT2D eigenvalue weighted by Gasteiger charge is -2.18. The van der Waals surface area contributed by atoms with Crippen molar-refractivity contribution in [3.63, 3.8) is 0 Å². The number of para-hydroxylation sites is 1. The van der Waals surface area contributed by atoms with E-state index in [0.717, 1.165) is 24.5 Å². The predicted octanol–water partition coefficient (Wildman–Crippen LogP) is 2.66. The zero-order chi connectivity index (χ0) is 12.5. The first-order valence-electron chi connectivity index (χ1n) is 5.90. The van der Waals surface area contributed by atoms with E-state index in [9.17, 15) is 0 Å². The van der Waals surface area contributed by atoms with E-state index in [4.69, 9.17) is 11.0 Å². The number of fused-ring (bicyclic) bond motifs is 1. The van der Waals surface area contributed by atoms with Crippen LogP contribution in [0.1, 0.15) is 16.7 Å². The van der Waals surface area contributed by atoms with Crippen LogP contribution >= 0.6 is 0 Å². The molecule has 0 amide bonds. The topological polar surface area (TPSA) is 53.0 Å². The van der Waals surface area contributed by atoms with Gasteiger partial charge in [-0.1, -0.05) is 24.3 Å². The third-order valence-electron chi connectivity index (χ3n) is 3.38. The summed E-state index contributed by atoms with van der Waals surface area (Å²) in [6.45, 7) is 1.60. The van der Waals surface area contributed by atoms with Gasteiger partial charge in [-0.15, -0.1) is 0 Å². The van der Waals surface area contributed by atoms with Gasteiger partial charge in [0.15, 0.2) is 0 Å². The first-order valence-corrected chi connectivity index (χ1v) is 5.90. The highest BCUT2D eigenvalue weighted by atomic mass is 15.1. The number of benzene rings is 2. The Kier molecular flexibility index (Phi) is 2.42. The number of nitrogens with two attached hydrogens (primary N) is 1. The fraction of sp³-hybridized carbons (Fsp3) is 0.133. The summed E-state index contributed by atoms with van der Waals surface area (Å²) in [6, 6.07) is 15.9. The number of rotatable bonds is 1. The molecule has 3 heteroatoms. The minimum atomic E-state index is 0.712. The van der Waals surface area contributed by atoms with Crippen molar-refractivity contribution in [2.24, 2.45) is 0 Å². The van der Waals surface area contributed by atoms with Gasteiger partial charge >= 0.3 is 0 Å². The van der Waals surface area contributed by atoms with E-state index < -0.39 is 0 Å². The van der Waals surface area contributed by atoms with Crippen molar-refractivity contribution in [1.82, 2.24) is 0 Å². The van der Waals surface area contributed by atoms with Crippen molar-refractivity contribution in [3.8, 4) is 6.07 Å². The number of hydrogen-bond acceptors (Lipinski definition) is 3. The molecule has 0 saturated heterocycles. The van der Waals surface area contributed by atoms with Gasteiger partial charge in [0.25, 0.3) is 0 Å². The summed E-state index contributed by atoms with van der Waals surface area (Å²) in [5.74, 6) is 0. The Morgan fingerprint density at radius 2 is 1.89 bits per heavy atom. The molecule has 1 aliphatic rings. The maximum atomic E-state index is 9.15. The minimum Gasteiger partial charge on any atom is -0.398 e. The van der Waals surface area contributed by atoms with E-state index in [0.29, 0.717) is 5.56 Å². The third-order valence-corrected chi connectivity index (χ3v) is 3.38. The summed E-state index contributed by atoms with van der Waals surface area (Å²) in [7, 11) is 0. The number of nitrogen functional groups attached to an aromatic ring is 1. The van der Waals surface area contributed by atoms with Crippen molar-refractivity contribution < 1.29 is 0 Å². The molecule has 18 heavy (non-hydrogen) atoms. The Balaban J connectivity index is 2.00. The molecule has 0 spiro atoms. The van der Waals surface area contributed by atoms with Gasteiger partial charge in [-0.2, -0.15) is 5.26 Å². The van der Waals surface area contributed by atoms with Gasteiger partial charge in [-0.3, -0.25) is 0 Å². The molecule has 2 N–H and O–H groups in total. The number of hydrogen-bond donors (Lipinski definition) is 1. The molecule has 0 unspecified atom stereocenters. The predicted molar refractivity (Wildman–Crippen MR) is 71.9 cm³/mol. The molecule has 2 aromatic carbocycles. The van der Waals surface area contributed by atoms with Crippen LogP contribution in [0.2, 0.25) is 0 Å². The van der Waals surface area contributed by atoms with E-state index in [2.05, 4.69) is 17.0 Å². The first kappa shape index (κ1) is 10.7. The standard InChI is InChI=1S/C15H13N3/c16-8-11-4-1-2-7-15(11)18-9-12-5-3-6-14(17)13(12)10-18/h1-7H,9-10,17H2. The summed E-state index contributed by atoms with van der Waals surface area (Å²) in [4.78, 5) is 2.19. The van der Waals surface area contributed by atoms with E-state index in [-0.39, 0.29) is 0 Å². The molecule has 2 aromatic rings. The van der Waals surface area contributed by atoms with Gasteiger partial charge < -0.3 is 10.6 Å². The average molecular weight is 235 g/mol. The SMILES string of the molecule is N#Cc1ccccc1N1Cc2cccc(N)c2C1. The van der Waals surface area contributed by atoms with Crippen LogP contribution in [0.3, 0.4) is 0 Å². The van der Waals surface area contributed by atoms with Crippen LogP contribution in [0, 0.1) is 11.3 Å². The van der Waals surface area contributed by atoms with Crippen molar-refractivity contribution in [1.29, 1.82) is 5.26 Å². The molecule has 3 nitrogen and oxygen atoms in total. The van der Waals surface area contributed by atoms with E-state index in [1.807, 2.05) is 36.4 Å². The lowest BCUT2D eigenvalue weighted by Crippen LogP contribution is -2.15. The summed E-state index contributed by atoms with van der Waals surface area (Å²) >= 11 is 0. The highest BCUT2D eigenvalue weighted by molar-refractivity contribution is 5.64. The largest absolute Gasteiger partial charge is 0.398 e. The van der Waals surface area contributed by atoms with Crippen LogP contribution in [-0.2, 0) is 13.1 Å². The van der Waals surface area contributed by atoms with Crippen LogP contribution in [0.15, 0.2) is 42.5 Å². The maximum Gasteiger partial charge on any atom is 0.101 e. The number of nitriles is 1. The van der Waals surface area contributed by atoms with Crippen LogP contribution in [0.5, 0.6) is 0 Å².